The maximum absolute atomic E-state index is 6.03. The number of ether oxygens (including phenoxy) is 1. The minimum Gasteiger partial charge on any atom is -0.489 e. The molecule has 1 atom stereocenters. The summed E-state index contributed by atoms with van der Waals surface area (Å²) in [5.41, 5.74) is 3.80. The predicted molar refractivity (Wildman–Crippen MR) is 78.5 cm³/mol. The van der Waals surface area contributed by atoms with Crippen LogP contribution in [0, 0.1) is 26.7 Å². The monoisotopic (exact) mass is 249 g/mol. The Morgan fingerprint density at radius 3 is 2.33 bits per heavy atom. The molecule has 0 aliphatic carbocycles. The summed E-state index contributed by atoms with van der Waals surface area (Å²) in [4.78, 5) is 0. The average molecular weight is 249 g/mol. The van der Waals surface area contributed by atoms with Crippen LogP contribution >= 0.6 is 0 Å². The summed E-state index contributed by atoms with van der Waals surface area (Å²) in [6.45, 7) is 14.9. The van der Waals surface area contributed by atoms with Crippen LogP contribution in [0.3, 0.4) is 0 Å². The van der Waals surface area contributed by atoms with E-state index < -0.39 is 0 Å². The first-order chi connectivity index (χ1) is 8.40. The Hall–Kier alpha value is -1.02. The van der Waals surface area contributed by atoms with Crippen molar-refractivity contribution in [1.29, 1.82) is 0 Å². The Balaban J connectivity index is 2.56. The number of aryl methyl sites for hydroxylation is 2. The van der Waals surface area contributed by atoms with Crippen LogP contribution in [0.2, 0.25) is 0 Å². The first-order valence-corrected chi connectivity index (χ1v) is 6.85. The molecule has 2 nitrogen and oxygen atoms in total. The molecule has 0 bridgehead atoms. The van der Waals surface area contributed by atoms with Crippen LogP contribution in [0.1, 0.15) is 37.5 Å². The number of benzene rings is 1. The van der Waals surface area contributed by atoms with Gasteiger partial charge in [-0.2, -0.15) is 0 Å². The largest absolute Gasteiger partial charge is 0.489 e. The summed E-state index contributed by atoms with van der Waals surface area (Å²) in [7, 11) is 0. The molecule has 0 spiro atoms. The summed E-state index contributed by atoms with van der Waals surface area (Å²) >= 11 is 0. The Kier molecular flexibility index (Phi) is 5.67. The van der Waals surface area contributed by atoms with Crippen molar-refractivity contribution in [1.82, 2.24) is 5.32 Å². The van der Waals surface area contributed by atoms with Gasteiger partial charge in [-0.15, -0.1) is 0 Å². The van der Waals surface area contributed by atoms with Gasteiger partial charge in [-0.05, 0) is 62.9 Å². The Labute approximate surface area is 112 Å². The molecule has 0 radical (unpaired) electrons. The van der Waals surface area contributed by atoms with E-state index in [2.05, 4.69) is 59.0 Å². The van der Waals surface area contributed by atoms with E-state index in [1.165, 1.54) is 16.7 Å². The van der Waals surface area contributed by atoms with Gasteiger partial charge in [0.25, 0.3) is 0 Å². The van der Waals surface area contributed by atoms with Gasteiger partial charge in [-0.25, -0.2) is 0 Å². The van der Waals surface area contributed by atoms with Crippen molar-refractivity contribution in [2.24, 2.45) is 5.92 Å². The summed E-state index contributed by atoms with van der Waals surface area (Å²) < 4.78 is 6.03. The summed E-state index contributed by atoms with van der Waals surface area (Å²) in [6.07, 6.45) is 0.198. The van der Waals surface area contributed by atoms with Crippen molar-refractivity contribution < 1.29 is 4.74 Å². The fourth-order valence-corrected chi connectivity index (χ4v) is 1.96. The molecule has 2 heteroatoms. The molecule has 1 rings (SSSR count). The van der Waals surface area contributed by atoms with Crippen molar-refractivity contribution in [2.75, 3.05) is 13.1 Å². The lowest BCUT2D eigenvalue weighted by Gasteiger charge is -2.19. The second kappa shape index (κ2) is 6.79. The van der Waals surface area contributed by atoms with Gasteiger partial charge >= 0.3 is 0 Å². The first kappa shape index (κ1) is 15.0. The molecule has 0 heterocycles. The third-order valence-electron chi connectivity index (χ3n) is 3.08. The summed E-state index contributed by atoms with van der Waals surface area (Å²) in [5.74, 6) is 1.70. The predicted octanol–water partition coefficient (Wildman–Crippen LogP) is 3.62. The minimum absolute atomic E-state index is 0.198. The fourth-order valence-electron chi connectivity index (χ4n) is 1.96. The molecular weight excluding hydrogens is 222 g/mol. The molecule has 0 saturated heterocycles. The van der Waals surface area contributed by atoms with E-state index >= 15 is 0 Å². The van der Waals surface area contributed by atoms with Gasteiger partial charge in [-0.3, -0.25) is 0 Å². The maximum Gasteiger partial charge on any atom is 0.123 e. The molecule has 0 saturated carbocycles. The van der Waals surface area contributed by atoms with E-state index in [9.17, 15) is 0 Å². The molecule has 0 fully saturated rings. The molecule has 102 valence electrons. The number of rotatable bonds is 6. The van der Waals surface area contributed by atoms with Crippen LogP contribution < -0.4 is 10.1 Å². The van der Waals surface area contributed by atoms with Crippen LogP contribution in [0.4, 0.5) is 0 Å². The molecule has 1 aromatic carbocycles. The highest BCUT2D eigenvalue weighted by molar-refractivity contribution is 5.42. The third-order valence-corrected chi connectivity index (χ3v) is 3.08. The SMILES string of the molecule is Cc1cc(C)c(C)c(OC(C)CNCC(C)C)c1. The quantitative estimate of drug-likeness (QED) is 0.831. The van der Waals surface area contributed by atoms with Gasteiger partial charge in [0.2, 0.25) is 0 Å². The van der Waals surface area contributed by atoms with Crippen LogP contribution in [0.25, 0.3) is 0 Å². The third kappa shape index (κ3) is 4.69. The average Bonchev–Trinajstić information content (AvgIpc) is 2.24. The Morgan fingerprint density at radius 1 is 1.06 bits per heavy atom. The van der Waals surface area contributed by atoms with Crippen LogP contribution in [-0.2, 0) is 0 Å². The van der Waals surface area contributed by atoms with Crippen molar-refractivity contribution >= 4 is 0 Å². The Bertz CT molecular complexity index is 385. The molecular formula is C16H27NO. The van der Waals surface area contributed by atoms with Crippen molar-refractivity contribution in [2.45, 2.75) is 47.6 Å². The molecule has 0 aliphatic rings. The van der Waals surface area contributed by atoms with Gasteiger partial charge in [0.15, 0.2) is 0 Å². The van der Waals surface area contributed by atoms with Crippen molar-refractivity contribution in [3.8, 4) is 5.75 Å². The molecule has 1 unspecified atom stereocenters. The van der Waals surface area contributed by atoms with Crippen LogP contribution in [0.5, 0.6) is 5.75 Å². The molecule has 0 aliphatic heterocycles. The van der Waals surface area contributed by atoms with Gasteiger partial charge in [0.1, 0.15) is 11.9 Å². The minimum atomic E-state index is 0.198. The zero-order valence-electron chi connectivity index (χ0n) is 12.6. The Morgan fingerprint density at radius 2 is 1.72 bits per heavy atom. The second-order valence-corrected chi connectivity index (χ2v) is 5.69. The highest BCUT2D eigenvalue weighted by atomic mass is 16.5. The molecule has 1 N–H and O–H groups in total. The highest BCUT2D eigenvalue weighted by Crippen LogP contribution is 2.24. The van der Waals surface area contributed by atoms with E-state index in [-0.39, 0.29) is 6.10 Å². The molecule has 0 amide bonds. The van der Waals surface area contributed by atoms with Gasteiger partial charge in [-0.1, -0.05) is 19.9 Å². The first-order valence-electron chi connectivity index (χ1n) is 6.85. The van der Waals surface area contributed by atoms with E-state index in [1.807, 2.05) is 0 Å². The van der Waals surface area contributed by atoms with Gasteiger partial charge in [0.05, 0.1) is 0 Å². The van der Waals surface area contributed by atoms with Gasteiger partial charge in [0, 0.05) is 6.54 Å². The number of nitrogens with one attached hydrogen (secondary N) is 1. The molecule has 1 aromatic rings. The smallest absolute Gasteiger partial charge is 0.123 e. The van der Waals surface area contributed by atoms with E-state index in [0.29, 0.717) is 5.92 Å². The van der Waals surface area contributed by atoms with E-state index in [1.54, 1.807) is 0 Å². The van der Waals surface area contributed by atoms with E-state index in [0.717, 1.165) is 18.8 Å². The number of hydrogen-bond acceptors (Lipinski definition) is 2. The fraction of sp³-hybridized carbons (Fsp3) is 0.625. The zero-order valence-corrected chi connectivity index (χ0v) is 12.6. The number of hydrogen-bond donors (Lipinski definition) is 1. The zero-order chi connectivity index (χ0) is 13.7. The molecule has 18 heavy (non-hydrogen) atoms. The van der Waals surface area contributed by atoms with Crippen LogP contribution in [0.15, 0.2) is 12.1 Å². The lowest BCUT2D eigenvalue weighted by molar-refractivity contribution is 0.214. The summed E-state index contributed by atoms with van der Waals surface area (Å²) in [5, 5.41) is 3.43. The second-order valence-electron chi connectivity index (χ2n) is 5.69. The van der Waals surface area contributed by atoms with Gasteiger partial charge < -0.3 is 10.1 Å². The summed E-state index contributed by atoms with van der Waals surface area (Å²) in [6, 6.07) is 4.32. The van der Waals surface area contributed by atoms with E-state index in [4.69, 9.17) is 4.74 Å². The maximum atomic E-state index is 6.03. The van der Waals surface area contributed by atoms with Crippen molar-refractivity contribution in [3.63, 3.8) is 0 Å². The standard InChI is InChI=1S/C16H27NO/c1-11(2)9-17-10-14(5)18-16-8-12(3)7-13(4)15(16)6/h7-8,11,14,17H,9-10H2,1-6H3. The lowest BCUT2D eigenvalue weighted by atomic mass is 10.1. The van der Waals surface area contributed by atoms with Crippen molar-refractivity contribution in [3.05, 3.63) is 28.8 Å². The van der Waals surface area contributed by atoms with Crippen LogP contribution in [-0.4, -0.2) is 19.2 Å². The topological polar surface area (TPSA) is 21.3 Å². The molecule has 0 aromatic heterocycles. The highest BCUT2D eigenvalue weighted by Gasteiger charge is 2.08. The lowest BCUT2D eigenvalue weighted by Crippen LogP contribution is -2.31. The normalized spacial score (nSPS) is 12.8.